The van der Waals surface area contributed by atoms with Crippen molar-refractivity contribution in [3.63, 3.8) is 0 Å². The van der Waals surface area contributed by atoms with Gasteiger partial charge in [-0.3, -0.25) is 0 Å². The summed E-state index contributed by atoms with van der Waals surface area (Å²) in [6.45, 7) is 1.43. The van der Waals surface area contributed by atoms with Crippen molar-refractivity contribution in [2.45, 2.75) is 25.0 Å². The lowest BCUT2D eigenvalue weighted by atomic mass is 9.90. The van der Waals surface area contributed by atoms with E-state index < -0.39 is 0 Å². The van der Waals surface area contributed by atoms with Crippen LogP contribution in [0.25, 0.3) is 16.5 Å². The van der Waals surface area contributed by atoms with E-state index in [1.165, 1.54) is 16.5 Å². The second-order valence-corrected chi connectivity index (χ2v) is 5.87. The molecule has 0 bridgehead atoms. The van der Waals surface area contributed by atoms with Crippen molar-refractivity contribution in [2.75, 3.05) is 13.2 Å². The van der Waals surface area contributed by atoms with Crippen LogP contribution in [0.5, 0.6) is 0 Å². The first-order valence-corrected chi connectivity index (χ1v) is 7.38. The molecular weight excluding hydrogens is 274 g/mol. The number of aromatic amines is 1. The fraction of sp³-hybridized carbons (Fsp3) is 0.375. The number of rotatable bonds is 1. The van der Waals surface area contributed by atoms with Crippen molar-refractivity contribution in [1.29, 1.82) is 0 Å². The topological polar surface area (TPSA) is 34.2 Å². The van der Waals surface area contributed by atoms with Crippen LogP contribution in [0.4, 0.5) is 0 Å². The second kappa shape index (κ2) is 4.62. The van der Waals surface area contributed by atoms with Crippen molar-refractivity contribution in [3.8, 4) is 0 Å². The van der Waals surface area contributed by atoms with Gasteiger partial charge in [-0.2, -0.15) is 0 Å². The molecule has 1 aromatic heterocycles. The molecule has 20 heavy (non-hydrogen) atoms. The monoisotopic (exact) mass is 289 g/mol. The Hall–Kier alpha value is -1.29. The third kappa shape index (κ3) is 1.97. The molecule has 2 aromatic rings. The number of H-pyrrole nitrogens is 1. The van der Waals surface area contributed by atoms with E-state index in [1.807, 2.05) is 12.1 Å². The molecule has 0 amide bonds. The van der Waals surface area contributed by atoms with Gasteiger partial charge >= 0.3 is 0 Å². The van der Waals surface area contributed by atoms with Gasteiger partial charge in [-0.15, -0.1) is 0 Å². The minimum Gasteiger partial charge on any atom is -0.361 e. The molecule has 1 aromatic carbocycles. The summed E-state index contributed by atoms with van der Waals surface area (Å²) in [7, 11) is 0. The summed E-state index contributed by atoms with van der Waals surface area (Å²) < 4.78 is 11.5. The summed E-state index contributed by atoms with van der Waals surface area (Å²) in [5, 5.41) is 1.99. The summed E-state index contributed by atoms with van der Waals surface area (Å²) in [4.78, 5) is 3.30. The minimum absolute atomic E-state index is 0.348. The maximum Gasteiger partial charge on any atom is 0.172 e. The van der Waals surface area contributed by atoms with E-state index in [9.17, 15) is 0 Å². The predicted molar refractivity (Wildman–Crippen MR) is 79.8 cm³/mol. The molecule has 4 heteroatoms. The maximum absolute atomic E-state index is 6.03. The van der Waals surface area contributed by atoms with Crippen molar-refractivity contribution < 1.29 is 9.47 Å². The highest BCUT2D eigenvalue weighted by Gasteiger charge is 2.37. The Balaban J connectivity index is 1.68. The van der Waals surface area contributed by atoms with Crippen LogP contribution in [0.2, 0.25) is 5.02 Å². The first-order valence-electron chi connectivity index (χ1n) is 7.00. The van der Waals surface area contributed by atoms with Gasteiger partial charge in [0.05, 0.1) is 13.2 Å². The van der Waals surface area contributed by atoms with Crippen molar-refractivity contribution in [3.05, 3.63) is 41.1 Å². The summed E-state index contributed by atoms with van der Waals surface area (Å²) in [6.07, 6.45) is 7.07. The van der Waals surface area contributed by atoms with Gasteiger partial charge in [-0.25, -0.2) is 0 Å². The molecule has 0 atom stereocenters. The van der Waals surface area contributed by atoms with Crippen LogP contribution in [0, 0.1) is 0 Å². The Morgan fingerprint density at radius 3 is 2.80 bits per heavy atom. The molecule has 3 nitrogen and oxygen atoms in total. The number of fused-ring (bicyclic) bond motifs is 1. The van der Waals surface area contributed by atoms with Crippen LogP contribution in [0.1, 0.15) is 24.8 Å². The summed E-state index contributed by atoms with van der Waals surface area (Å²) in [5.41, 5.74) is 3.72. The zero-order valence-corrected chi connectivity index (χ0v) is 11.9. The van der Waals surface area contributed by atoms with Gasteiger partial charge in [0.2, 0.25) is 0 Å². The average molecular weight is 290 g/mol. The number of benzene rings is 1. The quantitative estimate of drug-likeness (QED) is 0.856. The average Bonchev–Trinajstić information content (AvgIpc) is 3.07. The number of ether oxygens (including phenoxy) is 2. The Morgan fingerprint density at radius 2 is 2.05 bits per heavy atom. The molecule has 0 radical (unpaired) electrons. The van der Waals surface area contributed by atoms with Gasteiger partial charge in [-0.05, 0) is 24.1 Å². The number of aromatic nitrogens is 1. The Labute approximate surface area is 122 Å². The van der Waals surface area contributed by atoms with E-state index in [2.05, 4.69) is 23.3 Å². The molecule has 2 aliphatic rings. The number of allylic oxidation sites excluding steroid dienone is 1. The molecule has 1 aliphatic heterocycles. The zero-order valence-electron chi connectivity index (χ0n) is 11.1. The SMILES string of the molecule is Clc1ccc2c(C3=CCC4(CC3)OCCO4)c[nH]c2c1. The fourth-order valence-electron chi connectivity index (χ4n) is 3.18. The highest BCUT2D eigenvalue weighted by molar-refractivity contribution is 6.31. The number of hydrogen-bond acceptors (Lipinski definition) is 2. The Kier molecular flexibility index (Phi) is 2.88. The molecule has 1 saturated heterocycles. The highest BCUT2D eigenvalue weighted by atomic mass is 35.5. The van der Waals surface area contributed by atoms with E-state index in [4.69, 9.17) is 21.1 Å². The molecule has 104 valence electrons. The van der Waals surface area contributed by atoms with Crippen molar-refractivity contribution >= 4 is 28.1 Å². The van der Waals surface area contributed by atoms with Gasteiger partial charge < -0.3 is 14.5 Å². The third-order valence-corrected chi connectivity index (χ3v) is 4.47. The van der Waals surface area contributed by atoms with E-state index in [1.54, 1.807) is 0 Å². The smallest absolute Gasteiger partial charge is 0.172 e. The molecule has 4 rings (SSSR count). The second-order valence-electron chi connectivity index (χ2n) is 5.43. The lowest BCUT2D eigenvalue weighted by Gasteiger charge is -2.30. The molecule has 0 unspecified atom stereocenters. The lowest BCUT2D eigenvalue weighted by molar-refractivity contribution is -0.159. The summed E-state index contributed by atoms with van der Waals surface area (Å²) in [6, 6.07) is 5.99. The number of nitrogens with one attached hydrogen (secondary N) is 1. The molecule has 0 saturated carbocycles. The van der Waals surface area contributed by atoms with Crippen LogP contribution < -0.4 is 0 Å². The van der Waals surface area contributed by atoms with Gasteiger partial charge in [0.1, 0.15) is 0 Å². The molecule has 1 fully saturated rings. The highest BCUT2D eigenvalue weighted by Crippen LogP contribution is 2.40. The van der Waals surface area contributed by atoms with Gasteiger partial charge in [0, 0.05) is 40.5 Å². The number of halogens is 1. The van der Waals surface area contributed by atoms with Gasteiger partial charge in [-0.1, -0.05) is 23.7 Å². The van der Waals surface area contributed by atoms with Crippen LogP contribution >= 0.6 is 11.6 Å². The van der Waals surface area contributed by atoms with Crippen LogP contribution in [-0.2, 0) is 9.47 Å². The third-order valence-electron chi connectivity index (χ3n) is 4.24. The number of hydrogen-bond donors (Lipinski definition) is 1. The molecule has 1 N–H and O–H groups in total. The van der Waals surface area contributed by atoms with Gasteiger partial charge in [0.15, 0.2) is 5.79 Å². The van der Waals surface area contributed by atoms with Crippen LogP contribution in [0.15, 0.2) is 30.5 Å². The molecule has 1 aliphatic carbocycles. The van der Waals surface area contributed by atoms with E-state index in [0.29, 0.717) is 0 Å². The van der Waals surface area contributed by atoms with Crippen LogP contribution in [-0.4, -0.2) is 24.0 Å². The van der Waals surface area contributed by atoms with Gasteiger partial charge in [0.25, 0.3) is 0 Å². The Morgan fingerprint density at radius 1 is 1.20 bits per heavy atom. The fourth-order valence-corrected chi connectivity index (χ4v) is 3.35. The Bertz CT molecular complexity index is 683. The van der Waals surface area contributed by atoms with E-state index in [0.717, 1.165) is 43.0 Å². The first kappa shape index (κ1) is 12.5. The maximum atomic E-state index is 6.03. The van der Waals surface area contributed by atoms with Crippen molar-refractivity contribution in [2.24, 2.45) is 0 Å². The van der Waals surface area contributed by atoms with Crippen LogP contribution in [0.3, 0.4) is 0 Å². The standard InChI is InChI=1S/C16H16ClNO2/c17-12-1-2-13-14(10-18-15(13)9-12)11-3-5-16(6-4-11)19-7-8-20-16/h1-3,9-10,18H,4-8H2. The summed E-state index contributed by atoms with van der Waals surface area (Å²) >= 11 is 6.03. The molecule has 2 heterocycles. The molecular formula is C16H16ClNO2. The minimum atomic E-state index is -0.348. The lowest BCUT2D eigenvalue weighted by Crippen LogP contribution is -2.31. The molecule has 1 spiro atoms. The summed E-state index contributed by atoms with van der Waals surface area (Å²) in [5.74, 6) is -0.348. The van der Waals surface area contributed by atoms with Crippen molar-refractivity contribution in [1.82, 2.24) is 4.98 Å². The van der Waals surface area contributed by atoms with E-state index in [-0.39, 0.29) is 5.79 Å². The normalized spacial score (nSPS) is 21.6. The van der Waals surface area contributed by atoms with E-state index >= 15 is 0 Å². The first-order chi connectivity index (χ1) is 9.76. The predicted octanol–water partition coefficient (Wildman–Crippen LogP) is 4.13. The zero-order chi connectivity index (χ0) is 13.6. The largest absolute Gasteiger partial charge is 0.361 e.